The van der Waals surface area contributed by atoms with E-state index in [1.165, 1.54) is 11.1 Å². The fourth-order valence-electron chi connectivity index (χ4n) is 3.12. The van der Waals surface area contributed by atoms with Crippen LogP contribution in [0.5, 0.6) is 0 Å². The van der Waals surface area contributed by atoms with Crippen LogP contribution in [0.2, 0.25) is 13.7 Å². The molecule has 0 amide bonds. The van der Waals surface area contributed by atoms with Crippen molar-refractivity contribution >= 4 is 0 Å². The van der Waals surface area contributed by atoms with Gasteiger partial charge in [0.1, 0.15) is 0 Å². The van der Waals surface area contributed by atoms with Gasteiger partial charge < -0.3 is 0 Å². The molecule has 0 spiro atoms. The fraction of sp³-hybridized carbons (Fsp3) is 0.733. The van der Waals surface area contributed by atoms with Crippen LogP contribution in [0.15, 0.2) is 24.3 Å². The van der Waals surface area contributed by atoms with Gasteiger partial charge in [0.15, 0.2) is 0 Å². The Morgan fingerprint density at radius 2 is 1.59 bits per heavy atom. The summed E-state index contributed by atoms with van der Waals surface area (Å²) in [5, 5.41) is 2.41. The van der Waals surface area contributed by atoms with E-state index < -0.39 is 16.8 Å². The van der Waals surface area contributed by atoms with Gasteiger partial charge in [-0.15, -0.1) is 0 Å². The zero-order valence-electron chi connectivity index (χ0n) is 12.4. The molecule has 17 heavy (non-hydrogen) atoms. The Bertz CT molecular complexity index is 310. The normalized spacial score (nSPS) is 23.7. The van der Waals surface area contributed by atoms with Crippen LogP contribution in [0, 0.1) is 11.3 Å². The van der Waals surface area contributed by atoms with Crippen LogP contribution in [0.3, 0.4) is 0 Å². The Hall–Kier alpha value is 0.154. The van der Waals surface area contributed by atoms with E-state index in [0.717, 1.165) is 0 Å². The van der Waals surface area contributed by atoms with Gasteiger partial charge in [0.2, 0.25) is 0 Å². The molecule has 0 aromatic carbocycles. The van der Waals surface area contributed by atoms with Crippen LogP contribution in [0.1, 0.15) is 41.0 Å². The van der Waals surface area contributed by atoms with E-state index in [9.17, 15) is 0 Å². The molecule has 0 saturated carbocycles. The van der Waals surface area contributed by atoms with E-state index in [1.807, 2.05) is 0 Å². The van der Waals surface area contributed by atoms with Crippen molar-refractivity contribution < 1.29 is 16.8 Å². The van der Waals surface area contributed by atoms with Crippen molar-refractivity contribution in [2.24, 2.45) is 15.5 Å². The van der Waals surface area contributed by atoms with Crippen LogP contribution in [0.4, 0.5) is 0 Å². The van der Waals surface area contributed by atoms with E-state index in [4.69, 9.17) is 4.22 Å². The van der Waals surface area contributed by atoms with Gasteiger partial charge in [0, 0.05) is 0 Å². The molecule has 2 N–H and O–H groups in total. The fourth-order valence-corrected chi connectivity index (χ4v) is 9.71. The van der Waals surface area contributed by atoms with Gasteiger partial charge in [-0.05, 0) is 0 Å². The predicted octanol–water partition coefficient (Wildman–Crippen LogP) is 4.86. The molecular formula is C15H29NTi. The van der Waals surface area contributed by atoms with Gasteiger partial charge in [-0.2, -0.15) is 0 Å². The number of rotatable bonds is 4. The van der Waals surface area contributed by atoms with Gasteiger partial charge >= 0.3 is 111 Å². The SMILES string of the molecule is CC[C](C)(C(C)(C)C)[Ti]([CH3])([NH2])[CH2]C1C=CC=C1. The summed E-state index contributed by atoms with van der Waals surface area (Å²) in [6.45, 7) is 11.8. The zero-order chi connectivity index (χ0) is 13.3. The maximum atomic E-state index is 6.89. The third-order valence-corrected chi connectivity index (χ3v) is 12.8. The number of nitrogens with two attached hydrogens (primary N) is 1. The third-order valence-electron chi connectivity index (χ3n) is 5.11. The first-order valence-electron chi connectivity index (χ1n) is 6.78. The average molecular weight is 271 g/mol. The first-order valence-corrected chi connectivity index (χ1v) is 11.1. The quantitative estimate of drug-likeness (QED) is 0.726. The molecule has 1 aliphatic rings. The minimum absolute atomic E-state index is 0.303. The maximum absolute atomic E-state index is 6.89. The second-order valence-electron chi connectivity index (χ2n) is 6.99. The molecule has 1 aliphatic carbocycles. The second kappa shape index (κ2) is 5.03. The second-order valence-corrected chi connectivity index (χ2v) is 13.8. The molecule has 2 atom stereocenters. The molecule has 1 rings (SSSR count). The molecule has 2 unspecified atom stereocenters. The summed E-state index contributed by atoms with van der Waals surface area (Å²) in [6.07, 6.45) is 10.1. The molecule has 2 heteroatoms. The number of hydrogen-bond acceptors (Lipinski definition) is 1. The Labute approximate surface area is 111 Å². The first kappa shape index (κ1) is 15.2. The molecule has 0 heterocycles. The number of allylic oxidation sites excluding steroid dienone is 4. The van der Waals surface area contributed by atoms with Gasteiger partial charge in [0.25, 0.3) is 0 Å². The Morgan fingerprint density at radius 1 is 1.12 bits per heavy atom. The molecule has 1 nitrogen and oxygen atoms in total. The van der Waals surface area contributed by atoms with Crippen molar-refractivity contribution in [1.82, 2.24) is 0 Å². The van der Waals surface area contributed by atoms with Crippen LogP contribution >= 0.6 is 0 Å². The van der Waals surface area contributed by atoms with Crippen molar-refractivity contribution in [2.45, 2.75) is 54.7 Å². The summed E-state index contributed by atoms with van der Waals surface area (Å²) in [7, 11) is 0. The summed E-state index contributed by atoms with van der Waals surface area (Å²) in [4.78, 5) is 0. The van der Waals surface area contributed by atoms with Gasteiger partial charge in [-0.3, -0.25) is 0 Å². The van der Waals surface area contributed by atoms with Crippen LogP contribution in [-0.2, 0) is 16.8 Å². The number of hydrogen-bond donors (Lipinski definition) is 1. The summed E-state index contributed by atoms with van der Waals surface area (Å²) in [6, 6.07) is 0. The molecule has 0 radical (unpaired) electrons. The molecule has 0 aromatic rings. The Morgan fingerprint density at radius 3 is 1.94 bits per heavy atom. The molecule has 0 bridgehead atoms. The minimum atomic E-state index is -2.32. The van der Waals surface area contributed by atoms with Crippen molar-refractivity contribution in [2.75, 3.05) is 0 Å². The topological polar surface area (TPSA) is 26.0 Å². The van der Waals surface area contributed by atoms with E-state index >= 15 is 0 Å². The van der Waals surface area contributed by atoms with Crippen LogP contribution < -0.4 is 4.22 Å². The summed E-state index contributed by atoms with van der Waals surface area (Å²) < 4.78 is 8.44. The van der Waals surface area contributed by atoms with Crippen molar-refractivity contribution in [1.29, 1.82) is 0 Å². The van der Waals surface area contributed by atoms with E-state index in [0.29, 0.717) is 15.1 Å². The molecular weight excluding hydrogens is 242 g/mol. The standard InChI is InChI=1S/C8H17.C6H7.CH3.H2N.Ti/c1-6-7(2)8(3,4)5;1-6-4-2-3-5-6;;;/h6H2,1-5H3;2-6H,1H2;1H3;1H2;/q;;;-1;+1. The predicted molar refractivity (Wildman–Crippen MR) is 74.7 cm³/mol. The molecule has 0 aliphatic heterocycles. The van der Waals surface area contributed by atoms with Gasteiger partial charge in [0.05, 0.1) is 0 Å². The van der Waals surface area contributed by atoms with Gasteiger partial charge in [-0.1, -0.05) is 0 Å². The van der Waals surface area contributed by atoms with Crippen molar-refractivity contribution in [3.05, 3.63) is 24.3 Å². The molecule has 98 valence electrons. The van der Waals surface area contributed by atoms with Gasteiger partial charge in [-0.25, -0.2) is 0 Å². The first-order chi connectivity index (χ1) is 7.64. The zero-order valence-corrected chi connectivity index (χ0v) is 13.9. The van der Waals surface area contributed by atoms with E-state index in [2.05, 4.69) is 64.2 Å². The van der Waals surface area contributed by atoms with E-state index in [-0.39, 0.29) is 0 Å². The third kappa shape index (κ3) is 2.94. The summed E-state index contributed by atoms with van der Waals surface area (Å²) in [5.41, 5.74) is 0.303. The van der Waals surface area contributed by atoms with Crippen molar-refractivity contribution in [3.63, 3.8) is 0 Å². The molecule has 0 saturated heterocycles. The Kier molecular flexibility index (Phi) is 4.50. The summed E-state index contributed by atoms with van der Waals surface area (Å²) >= 11 is -2.32. The van der Waals surface area contributed by atoms with Crippen LogP contribution in [-0.4, -0.2) is 0 Å². The molecule has 0 aromatic heterocycles. The van der Waals surface area contributed by atoms with Crippen molar-refractivity contribution in [3.8, 4) is 0 Å². The van der Waals surface area contributed by atoms with E-state index in [1.54, 1.807) is 0 Å². The summed E-state index contributed by atoms with van der Waals surface area (Å²) in [5.74, 6) is 0.596. The monoisotopic (exact) mass is 271 g/mol. The van der Waals surface area contributed by atoms with Crippen LogP contribution in [0.25, 0.3) is 0 Å². The average Bonchev–Trinajstić information content (AvgIpc) is 2.66. The Balaban J connectivity index is 2.93. The molecule has 0 fully saturated rings.